The summed E-state index contributed by atoms with van der Waals surface area (Å²) >= 11 is 0. The molecular formula is C10H13N5O. The van der Waals surface area contributed by atoms with Gasteiger partial charge >= 0.3 is 0 Å². The molecule has 3 rings (SSSR count). The Bertz CT molecular complexity index is 447. The monoisotopic (exact) mass is 219 g/mol. The lowest BCUT2D eigenvalue weighted by Crippen LogP contribution is -2.57. The van der Waals surface area contributed by atoms with Gasteiger partial charge in [0.25, 0.3) is 0 Å². The lowest BCUT2D eigenvalue weighted by Gasteiger charge is -2.40. The third-order valence-electron chi connectivity index (χ3n) is 2.80. The van der Waals surface area contributed by atoms with Gasteiger partial charge in [-0.3, -0.25) is 0 Å². The molecule has 0 aliphatic carbocycles. The molecule has 16 heavy (non-hydrogen) atoms. The van der Waals surface area contributed by atoms with Crippen LogP contribution in [0.25, 0.3) is 0 Å². The molecule has 1 aromatic carbocycles. The molecule has 2 heterocycles. The summed E-state index contributed by atoms with van der Waals surface area (Å²) in [5.74, 6) is 5.60. The summed E-state index contributed by atoms with van der Waals surface area (Å²) in [6, 6.07) is 7.68. The van der Waals surface area contributed by atoms with E-state index in [2.05, 4.69) is 10.7 Å². The quantitative estimate of drug-likeness (QED) is 0.471. The van der Waals surface area contributed by atoms with Crippen molar-refractivity contribution in [1.29, 1.82) is 0 Å². The van der Waals surface area contributed by atoms with Gasteiger partial charge in [-0.05, 0) is 6.07 Å². The van der Waals surface area contributed by atoms with Crippen LogP contribution in [0.5, 0.6) is 0 Å². The zero-order valence-electron chi connectivity index (χ0n) is 8.59. The summed E-state index contributed by atoms with van der Waals surface area (Å²) in [5, 5.41) is 15.6. The number of fused-ring (bicyclic) bond motifs is 3. The van der Waals surface area contributed by atoms with Gasteiger partial charge < -0.3 is 15.9 Å². The van der Waals surface area contributed by atoms with Crippen molar-refractivity contribution >= 4 is 5.69 Å². The number of anilines is 1. The average molecular weight is 219 g/mol. The Balaban J connectivity index is 2.04. The number of hydroxylamine groups is 2. The predicted octanol–water partition coefficient (Wildman–Crippen LogP) is 0.337. The highest BCUT2D eigenvalue weighted by Gasteiger charge is 2.33. The van der Waals surface area contributed by atoms with Crippen molar-refractivity contribution in [3.63, 3.8) is 0 Å². The molecule has 84 valence electrons. The molecule has 0 amide bonds. The molecule has 6 nitrogen and oxygen atoms in total. The Hall–Kier alpha value is -1.60. The van der Waals surface area contributed by atoms with Crippen LogP contribution in [0.15, 0.2) is 36.2 Å². The summed E-state index contributed by atoms with van der Waals surface area (Å²) in [4.78, 5) is 0. The van der Waals surface area contributed by atoms with Crippen LogP contribution in [0.1, 0.15) is 11.6 Å². The Morgan fingerprint density at radius 1 is 1.38 bits per heavy atom. The van der Waals surface area contributed by atoms with Gasteiger partial charge in [-0.15, -0.1) is 5.12 Å². The Morgan fingerprint density at radius 3 is 3.06 bits per heavy atom. The fourth-order valence-corrected chi connectivity index (χ4v) is 2.12. The van der Waals surface area contributed by atoms with E-state index in [9.17, 15) is 5.21 Å². The molecule has 0 aromatic heterocycles. The van der Waals surface area contributed by atoms with E-state index in [1.807, 2.05) is 30.5 Å². The number of hydrogen-bond acceptors (Lipinski definition) is 6. The van der Waals surface area contributed by atoms with Crippen molar-refractivity contribution in [1.82, 2.24) is 15.6 Å². The van der Waals surface area contributed by atoms with Crippen molar-refractivity contribution in [3.8, 4) is 0 Å². The molecule has 1 unspecified atom stereocenters. The van der Waals surface area contributed by atoms with Crippen molar-refractivity contribution in [3.05, 3.63) is 41.7 Å². The molecule has 0 radical (unpaired) electrons. The highest BCUT2D eigenvalue weighted by molar-refractivity contribution is 5.59. The standard InChI is InChI=1S/C10H13N5O/c11-15-6-14(16)10-7-3-1-2-4-8(7)12-5-9(10)13-15/h1-5,10,12-13,16H,6,11H2. The molecule has 0 saturated carbocycles. The molecule has 1 aromatic rings. The zero-order valence-corrected chi connectivity index (χ0v) is 8.59. The van der Waals surface area contributed by atoms with Crippen LogP contribution in [0.4, 0.5) is 5.69 Å². The van der Waals surface area contributed by atoms with Crippen LogP contribution in [0.3, 0.4) is 0 Å². The number of nitrogens with one attached hydrogen (secondary N) is 2. The van der Waals surface area contributed by atoms with Gasteiger partial charge in [-0.25, -0.2) is 5.84 Å². The topological polar surface area (TPSA) is 76.8 Å². The van der Waals surface area contributed by atoms with E-state index in [-0.39, 0.29) is 12.7 Å². The maximum atomic E-state index is 9.92. The Kier molecular flexibility index (Phi) is 2.08. The van der Waals surface area contributed by atoms with Crippen molar-refractivity contribution in [2.24, 2.45) is 5.84 Å². The first-order chi connectivity index (χ1) is 7.75. The van der Waals surface area contributed by atoms with E-state index in [0.29, 0.717) is 0 Å². The maximum Gasteiger partial charge on any atom is 0.110 e. The first-order valence-electron chi connectivity index (χ1n) is 5.05. The van der Waals surface area contributed by atoms with Gasteiger partial charge in [0.05, 0.1) is 5.70 Å². The fourth-order valence-electron chi connectivity index (χ4n) is 2.12. The first-order valence-corrected chi connectivity index (χ1v) is 5.05. The van der Waals surface area contributed by atoms with E-state index >= 15 is 0 Å². The summed E-state index contributed by atoms with van der Waals surface area (Å²) in [6.45, 7) is 0.246. The molecule has 1 saturated heterocycles. The maximum absolute atomic E-state index is 9.92. The third-order valence-corrected chi connectivity index (χ3v) is 2.80. The number of hydrogen-bond donors (Lipinski definition) is 4. The molecule has 1 fully saturated rings. The van der Waals surface area contributed by atoms with E-state index in [1.165, 1.54) is 10.2 Å². The normalized spacial score (nSPS) is 24.9. The van der Waals surface area contributed by atoms with Crippen molar-refractivity contribution < 1.29 is 5.21 Å². The largest absolute Gasteiger partial charge is 0.360 e. The number of hydrazine groups is 2. The summed E-state index contributed by atoms with van der Waals surface area (Å²) in [6.07, 6.45) is 1.81. The van der Waals surface area contributed by atoms with Crippen LogP contribution in [0.2, 0.25) is 0 Å². The highest BCUT2D eigenvalue weighted by atomic mass is 16.5. The molecular weight excluding hydrogens is 206 g/mol. The van der Waals surface area contributed by atoms with Gasteiger partial charge in [-0.1, -0.05) is 18.2 Å². The van der Waals surface area contributed by atoms with Crippen molar-refractivity contribution in [2.75, 3.05) is 12.0 Å². The summed E-state index contributed by atoms with van der Waals surface area (Å²) < 4.78 is 0. The second-order valence-electron chi connectivity index (χ2n) is 3.90. The molecule has 1 atom stereocenters. The summed E-state index contributed by atoms with van der Waals surface area (Å²) in [5.41, 5.74) is 5.86. The Labute approximate surface area is 92.8 Å². The van der Waals surface area contributed by atoms with Gasteiger partial charge in [0.15, 0.2) is 0 Å². The van der Waals surface area contributed by atoms with Crippen LogP contribution >= 0.6 is 0 Å². The molecule has 0 spiro atoms. The van der Waals surface area contributed by atoms with Gasteiger partial charge in [-0.2, -0.15) is 5.06 Å². The van der Waals surface area contributed by atoms with E-state index in [4.69, 9.17) is 5.84 Å². The Morgan fingerprint density at radius 2 is 2.19 bits per heavy atom. The minimum absolute atomic E-state index is 0.183. The number of nitrogens with two attached hydrogens (primary N) is 1. The van der Waals surface area contributed by atoms with Gasteiger partial charge in [0.2, 0.25) is 0 Å². The SMILES string of the molecule is NN1CN(O)C2C(=CNc3ccccc32)N1. The number of nitrogens with zero attached hydrogens (tertiary/aromatic N) is 2. The minimum atomic E-state index is -0.183. The van der Waals surface area contributed by atoms with E-state index in [0.717, 1.165) is 16.9 Å². The first kappa shape index (κ1) is 9.61. The molecule has 2 aliphatic heterocycles. The second-order valence-corrected chi connectivity index (χ2v) is 3.90. The summed E-state index contributed by atoms with van der Waals surface area (Å²) in [7, 11) is 0. The third kappa shape index (κ3) is 1.36. The van der Waals surface area contributed by atoms with E-state index in [1.54, 1.807) is 0 Å². The molecule has 6 heteroatoms. The lowest BCUT2D eigenvalue weighted by atomic mass is 9.99. The smallest absolute Gasteiger partial charge is 0.110 e. The predicted molar refractivity (Wildman–Crippen MR) is 58.5 cm³/mol. The molecule has 2 aliphatic rings. The minimum Gasteiger partial charge on any atom is -0.360 e. The highest BCUT2D eigenvalue weighted by Crippen LogP contribution is 2.36. The lowest BCUT2D eigenvalue weighted by molar-refractivity contribution is -0.178. The fraction of sp³-hybridized carbons (Fsp3) is 0.200. The molecule has 0 bridgehead atoms. The van der Waals surface area contributed by atoms with Crippen LogP contribution < -0.4 is 16.6 Å². The van der Waals surface area contributed by atoms with Gasteiger partial charge in [0, 0.05) is 17.5 Å². The number of rotatable bonds is 0. The molecule has 5 N–H and O–H groups in total. The van der Waals surface area contributed by atoms with Gasteiger partial charge in [0.1, 0.15) is 12.7 Å². The number of para-hydroxylation sites is 1. The van der Waals surface area contributed by atoms with Crippen LogP contribution in [0, 0.1) is 0 Å². The number of benzene rings is 1. The van der Waals surface area contributed by atoms with Crippen LogP contribution in [-0.2, 0) is 0 Å². The van der Waals surface area contributed by atoms with Crippen molar-refractivity contribution in [2.45, 2.75) is 6.04 Å². The zero-order chi connectivity index (χ0) is 11.1. The second kappa shape index (κ2) is 3.46. The van der Waals surface area contributed by atoms with Crippen LogP contribution in [-0.4, -0.2) is 22.1 Å². The van der Waals surface area contributed by atoms with E-state index < -0.39 is 0 Å². The average Bonchev–Trinajstić information content (AvgIpc) is 2.28.